The van der Waals surface area contributed by atoms with Gasteiger partial charge in [0, 0.05) is 0 Å². The third-order valence-corrected chi connectivity index (χ3v) is 14.9. The third-order valence-electron chi connectivity index (χ3n) is 6.23. The highest BCUT2D eigenvalue weighted by atomic mass is 28.4. The molecule has 0 saturated carbocycles. The van der Waals surface area contributed by atoms with Gasteiger partial charge in [-0.25, -0.2) is 0 Å². The van der Waals surface area contributed by atoms with Crippen molar-refractivity contribution in [2.45, 2.75) is 98.6 Å². The van der Waals surface area contributed by atoms with Crippen LogP contribution in [0.2, 0.25) is 36.3 Å². The molecule has 0 bridgehead atoms. The van der Waals surface area contributed by atoms with Gasteiger partial charge in [0.2, 0.25) is 8.32 Å². The van der Waals surface area contributed by atoms with Crippen molar-refractivity contribution >= 4 is 16.6 Å². The number of hydrogen-bond acceptors (Lipinski definition) is 3. The second-order valence-electron chi connectivity index (χ2n) is 11.0. The lowest BCUT2D eigenvalue weighted by Crippen LogP contribution is -2.42. The molecule has 0 atom stereocenters. The minimum Gasteiger partial charge on any atom is -0.544 e. The predicted molar refractivity (Wildman–Crippen MR) is 126 cm³/mol. The highest BCUT2D eigenvalue weighted by Crippen LogP contribution is 2.40. The van der Waals surface area contributed by atoms with Crippen molar-refractivity contribution in [2.75, 3.05) is 0 Å². The second-order valence-corrected chi connectivity index (χ2v) is 20.5. The van der Waals surface area contributed by atoms with Gasteiger partial charge < -0.3 is 13.6 Å². The number of hydrogen-bond donors (Lipinski definition) is 0. The predicted octanol–water partition coefficient (Wildman–Crippen LogP) is 7.83. The first kappa shape index (κ1) is 24.8. The smallest absolute Gasteiger partial charge is 0.305 e. The first-order valence-corrected chi connectivity index (χ1v) is 16.0. The van der Waals surface area contributed by atoms with E-state index in [2.05, 4.69) is 101 Å². The van der Waals surface area contributed by atoms with Gasteiger partial charge in [-0.1, -0.05) is 59.2 Å². The summed E-state index contributed by atoms with van der Waals surface area (Å²) in [5, 5.41) is 0.186. The van der Waals surface area contributed by atoms with Crippen LogP contribution in [0.4, 0.5) is 0 Å². The van der Waals surface area contributed by atoms with E-state index in [1.807, 2.05) is 0 Å². The monoisotopic (exact) mass is 422 g/mol. The van der Waals surface area contributed by atoms with Crippen molar-refractivity contribution in [1.82, 2.24) is 0 Å². The van der Waals surface area contributed by atoms with Gasteiger partial charge >= 0.3 is 5.95 Å². The number of rotatable bonds is 6. The summed E-state index contributed by atoms with van der Waals surface area (Å²) in [7, 11) is -4.03. The summed E-state index contributed by atoms with van der Waals surface area (Å²) in [5.74, 6) is 1.33. The van der Waals surface area contributed by atoms with E-state index in [0.717, 1.165) is 16.9 Å². The summed E-state index contributed by atoms with van der Waals surface area (Å²) < 4.78 is 19.2. The fraction of sp³-hybridized carbons (Fsp3) is 0.652. The first-order chi connectivity index (χ1) is 12.4. The number of benzene rings is 1. The topological polar surface area (TPSA) is 27.7 Å². The van der Waals surface area contributed by atoms with Crippen LogP contribution in [-0.4, -0.2) is 16.6 Å². The molecule has 0 aromatic heterocycles. The Kier molecular flexibility index (Phi) is 7.33. The fourth-order valence-electron chi connectivity index (χ4n) is 2.27. The lowest BCUT2D eigenvalue weighted by molar-refractivity contribution is 0.191. The van der Waals surface area contributed by atoms with Crippen LogP contribution < -0.4 is 4.74 Å². The zero-order valence-electron chi connectivity index (χ0n) is 20.5. The van der Waals surface area contributed by atoms with Crippen LogP contribution in [0.1, 0.15) is 58.2 Å². The van der Waals surface area contributed by atoms with Crippen molar-refractivity contribution in [3.8, 4) is 5.75 Å². The van der Waals surface area contributed by atoms with Gasteiger partial charge in [0.05, 0.1) is 0 Å². The maximum atomic E-state index is 6.53. The highest BCUT2D eigenvalue weighted by molar-refractivity contribution is 6.74. The molecule has 0 amide bonds. The van der Waals surface area contributed by atoms with Crippen molar-refractivity contribution in [1.29, 1.82) is 0 Å². The van der Waals surface area contributed by atoms with Crippen molar-refractivity contribution < 1.29 is 13.6 Å². The molecule has 0 spiro atoms. The molecule has 1 aromatic rings. The average molecular weight is 423 g/mol. The summed E-state index contributed by atoms with van der Waals surface area (Å²) >= 11 is 0. The van der Waals surface area contributed by atoms with E-state index >= 15 is 0 Å². The fourth-order valence-corrected chi connectivity index (χ4v) is 3.92. The Balaban J connectivity index is 3.31. The van der Waals surface area contributed by atoms with E-state index in [9.17, 15) is 0 Å². The van der Waals surface area contributed by atoms with Crippen LogP contribution in [0.15, 0.2) is 24.3 Å². The maximum Gasteiger partial charge on any atom is 0.305 e. The van der Waals surface area contributed by atoms with E-state index < -0.39 is 16.6 Å². The average Bonchev–Trinajstić information content (AvgIpc) is 2.45. The quantitative estimate of drug-likeness (QED) is 0.345. The van der Waals surface area contributed by atoms with E-state index in [4.69, 9.17) is 13.6 Å². The maximum absolute atomic E-state index is 6.53. The standard InChI is InChI=1S/C23H42O3Si2/c1-17-14-18(2)21(19(3)15-17)25-20(26-28(12,13)23(7,8)9)16-24-27(10,11)22(4,5)6/h14-16H,1-13H3/b20-16-. The van der Waals surface area contributed by atoms with Crippen molar-refractivity contribution in [3.63, 3.8) is 0 Å². The molecular weight excluding hydrogens is 380 g/mol. The van der Waals surface area contributed by atoms with Gasteiger partial charge in [-0.3, -0.25) is 0 Å². The lowest BCUT2D eigenvalue weighted by Gasteiger charge is -2.38. The van der Waals surface area contributed by atoms with Crippen LogP contribution in [0.3, 0.4) is 0 Å². The molecule has 28 heavy (non-hydrogen) atoms. The van der Waals surface area contributed by atoms with Crippen molar-refractivity contribution in [3.05, 3.63) is 41.0 Å². The minimum atomic E-state index is -2.07. The molecule has 0 N–H and O–H groups in total. The van der Waals surface area contributed by atoms with Gasteiger partial charge in [0.25, 0.3) is 8.32 Å². The zero-order chi connectivity index (χ0) is 22.1. The Morgan fingerprint density at radius 3 is 1.61 bits per heavy atom. The highest BCUT2D eigenvalue weighted by Gasteiger charge is 2.41. The van der Waals surface area contributed by atoms with E-state index in [-0.39, 0.29) is 10.1 Å². The minimum absolute atomic E-state index is 0.0732. The number of aryl methyl sites for hydroxylation is 3. The zero-order valence-corrected chi connectivity index (χ0v) is 22.5. The van der Waals surface area contributed by atoms with Gasteiger partial charge in [-0.2, -0.15) is 0 Å². The number of ether oxygens (including phenoxy) is 1. The molecule has 0 fully saturated rings. The SMILES string of the molecule is Cc1cc(C)c(O/C(=C/O[Si](C)(C)C(C)(C)C)O[Si](C)(C)C(C)(C)C)c(C)c1. The molecule has 0 heterocycles. The second kappa shape index (κ2) is 8.27. The molecule has 5 heteroatoms. The van der Waals surface area contributed by atoms with E-state index in [1.165, 1.54) is 5.56 Å². The normalized spacial score (nSPS) is 14.1. The molecule has 0 aliphatic carbocycles. The molecule has 0 aliphatic rings. The summed E-state index contributed by atoms with van der Waals surface area (Å²) in [6, 6.07) is 4.28. The summed E-state index contributed by atoms with van der Waals surface area (Å²) in [4.78, 5) is 0. The summed E-state index contributed by atoms with van der Waals surface area (Å²) in [6.07, 6.45) is 1.73. The van der Waals surface area contributed by atoms with Crippen LogP contribution in [0.5, 0.6) is 5.75 Å². The van der Waals surface area contributed by atoms with Crippen LogP contribution in [-0.2, 0) is 8.85 Å². The van der Waals surface area contributed by atoms with Gasteiger partial charge in [0.1, 0.15) is 12.0 Å². The Morgan fingerprint density at radius 1 is 0.786 bits per heavy atom. The Hall–Kier alpha value is -1.21. The molecule has 3 nitrogen and oxygen atoms in total. The molecule has 0 radical (unpaired) electrons. The molecule has 1 rings (SSSR count). The largest absolute Gasteiger partial charge is 0.544 e. The Morgan fingerprint density at radius 2 is 1.21 bits per heavy atom. The van der Waals surface area contributed by atoms with Crippen LogP contribution >= 0.6 is 0 Å². The van der Waals surface area contributed by atoms with Gasteiger partial charge in [0.15, 0.2) is 0 Å². The molecule has 0 saturated heterocycles. The Bertz CT molecular complexity index is 697. The summed E-state index contributed by atoms with van der Waals surface area (Å²) in [5.41, 5.74) is 3.44. The molecule has 160 valence electrons. The molecule has 0 aliphatic heterocycles. The molecule has 1 aromatic carbocycles. The molecular formula is C23H42O3Si2. The van der Waals surface area contributed by atoms with Gasteiger partial charge in [-0.15, -0.1) is 0 Å². The van der Waals surface area contributed by atoms with E-state index in [1.54, 1.807) is 6.26 Å². The van der Waals surface area contributed by atoms with Gasteiger partial charge in [-0.05, 0) is 68.2 Å². The Labute approximate surface area is 175 Å². The van der Waals surface area contributed by atoms with Crippen molar-refractivity contribution in [2.24, 2.45) is 0 Å². The van der Waals surface area contributed by atoms with E-state index in [0.29, 0.717) is 5.95 Å². The first-order valence-electron chi connectivity index (χ1n) is 10.2. The lowest BCUT2D eigenvalue weighted by atomic mass is 10.1. The third kappa shape index (κ3) is 6.15. The van der Waals surface area contributed by atoms with Crippen LogP contribution in [0, 0.1) is 20.8 Å². The molecule has 0 unspecified atom stereocenters. The summed E-state index contributed by atoms with van der Waals surface area (Å²) in [6.45, 7) is 28.6. The van der Waals surface area contributed by atoms with Crippen LogP contribution in [0.25, 0.3) is 0 Å².